The minimum absolute atomic E-state index is 0. The van der Waals surface area contributed by atoms with E-state index in [0.29, 0.717) is 0 Å². The maximum Gasteiger partial charge on any atom is 0.190 e. The Balaban J connectivity index is 0.00000364. The number of piperidine rings is 1. The summed E-state index contributed by atoms with van der Waals surface area (Å²) in [6, 6.07) is 0. The highest BCUT2D eigenvalue weighted by atomic mass is 127. The summed E-state index contributed by atoms with van der Waals surface area (Å²) in [6.45, 7) is 12.1. The van der Waals surface area contributed by atoms with Gasteiger partial charge in [-0.2, -0.15) is 0 Å². The van der Waals surface area contributed by atoms with E-state index in [0.717, 1.165) is 43.9 Å². The van der Waals surface area contributed by atoms with Crippen molar-refractivity contribution in [2.24, 2.45) is 16.8 Å². The molecule has 2 N–H and O–H groups in total. The third kappa shape index (κ3) is 8.64. The first-order chi connectivity index (χ1) is 12.7. The number of likely N-dealkylation sites (tertiary alicyclic amines) is 1. The van der Waals surface area contributed by atoms with Crippen molar-refractivity contribution >= 4 is 41.3 Å². The molecule has 5 nitrogen and oxygen atoms in total. The van der Waals surface area contributed by atoms with Gasteiger partial charge in [0.1, 0.15) is 0 Å². The predicted molar refractivity (Wildman–Crippen MR) is 128 cm³/mol. The maximum atomic E-state index is 4.70. The Hall–Kier alpha value is -0.410. The molecule has 0 amide bonds. The molecule has 1 aromatic rings. The molecule has 1 aromatic heterocycles. The molecule has 7 heteroatoms. The van der Waals surface area contributed by atoms with Crippen LogP contribution in [-0.4, -0.2) is 49.1 Å². The molecule has 0 aliphatic carbocycles. The van der Waals surface area contributed by atoms with Crippen LogP contribution in [0.2, 0.25) is 0 Å². The molecular weight excluding hydrogens is 469 g/mol. The van der Waals surface area contributed by atoms with Crippen LogP contribution in [0.3, 0.4) is 0 Å². The summed E-state index contributed by atoms with van der Waals surface area (Å²) in [5.74, 6) is 2.42. The normalized spacial score (nSPS) is 16.4. The molecule has 0 spiro atoms. The van der Waals surface area contributed by atoms with Crippen molar-refractivity contribution < 1.29 is 0 Å². The highest BCUT2D eigenvalue weighted by Gasteiger charge is 2.20. The molecule has 1 fully saturated rings. The Morgan fingerprint density at radius 2 is 1.96 bits per heavy atom. The standard InChI is InChI=1S/C20H37N5S.HI/c1-5-16(6-2)12-22-20(21-4)23-13-17-8-10-25(11-9-17)14-18-15-26-19(7-3)24-18;/h15-17H,5-14H2,1-4H3,(H2,21,22,23);1H. The van der Waals surface area contributed by atoms with E-state index in [1.165, 1.54) is 49.5 Å². The van der Waals surface area contributed by atoms with E-state index in [-0.39, 0.29) is 24.0 Å². The van der Waals surface area contributed by atoms with Crippen molar-refractivity contribution in [3.05, 3.63) is 16.1 Å². The van der Waals surface area contributed by atoms with E-state index >= 15 is 0 Å². The number of guanidine groups is 1. The van der Waals surface area contributed by atoms with Crippen molar-refractivity contribution in [1.29, 1.82) is 0 Å². The lowest BCUT2D eigenvalue weighted by atomic mass is 9.97. The van der Waals surface area contributed by atoms with Crippen LogP contribution in [-0.2, 0) is 13.0 Å². The molecule has 2 heterocycles. The van der Waals surface area contributed by atoms with Crippen LogP contribution in [0.25, 0.3) is 0 Å². The number of thiazole rings is 1. The summed E-state index contributed by atoms with van der Waals surface area (Å²) < 4.78 is 0. The predicted octanol–water partition coefficient (Wildman–Crippen LogP) is 4.14. The van der Waals surface area contributed by atoms with Crippen LogP contribution < -0.4 is 10.6 Å². The Morgan fingerprint density at radius 1 is 1.26 bits per heavy atom. The Bertz CT molecular complexity index is 536. The van der Waals surface area contributed by atoms with E-state index in [1.807, 2.05) is 7.05 Å². The highest BCUT2D eigenvalue weighted by Crippen LogP contribution is 2.19. The first-order valence-corrected chi connectivity index (χ1v) is 11.2. The number of hydrogen-bond donors (Lipinski definition) is 2. The number of aryl methyl sites for hydroxylation is 1. The van der Waals surface area contributed by atoms with Gasteiger partial charge in [0.05, 0.1) is 10.7 Å². The van der Waals surface area contributed by atoms with E-state index in [2.05, 4.69) is 46.7 Å². The van der Waals surface area contributed by atoms with Gasteiger partial charge in [-0.1, -0.05) is 33.6 Å². The second-order valence-electron chi connectivity index (χ2n) is 7.32. The van der Waals surface area contributed by atoms with Crippen LogP contribution in [0.4, 0.5) is 0 Å². The molecule has 0 unspecified atom stereocenters. The average Bonchev–Trinajstić information content (AvgIpc) is 3.13. The molecule has 1 aliphatic heterocycles. The molecule has 0 bridgehead atoms. The number of nitrogens with zero attached hydrogens (tertiary/aromatic N) is 3. The number of halogens is 1. The molecule has 0 radical (unpaired) electrons. The highest BCUT2D eigenvalue weighted by molar-refractivity contribution is 14.0. The van der Waals surface area contributed by atoms with Crippen molar-refractivity contribution in [2.75, 3.05) is 33.2 Å². The molecule has 0 saturated carbocycles. The lowest BCUT2D eigenvalue weighted by molar-refractivity contribution is 0.176. The number of aliphatic imine (C=N–C) groups is 1. The molecule has 27 heavy (non-hydrogen) atoms. The van der Waals surface area contributed by atoms with Crippen molar-refractivity contribution in [2.45, 2.75) is 59.4 Å². The zero-order valence-electron chi connectivity index (χ0n) is 17.5. The lowest BCUT2D eigenvalue weighted by Gasteiger charge is -2.31. The number of nitrogens with one attached hydrogen (secondary N) is 2. The molecule has 1 saturated heterocycles. The minimum atomic E-state index is 0. The van der Waals surface area contributed by atoms with Gasteiger partial charge >= 0.3 is 0 Å². The number of hydrogen-bond acceptors (Lipinski definition) is 4. The van der Waals surface area contributed by atoms with Gasteiger partial charge in [0.25, 0.3) is 0 Å². The lowest BCUT2D eigenvalue weighted by Crippen LogP contribution is -2.43. The third-order valence-electron chi connectivity index (χ3n) is 5.49. The van der Waals surface area contributed by atoms with Gasteiger partial charge in [0, 0.05) is 32.1 Å². The van der Waals surface area contributed by atoms with Crippen LogP contribution >= 0.6 is 35.3 Å². The Kier molecular flexibility index (Phi) is 12.5. The molecule has 0 aromatic carbocycles. The monoisotopic (exact) mass is 507 g/mol. The summed E-state index contributed by atoms with van der Waals surface area (Å²) in [5, 5.41) is 10.5. The Labute approximate surface area is 186 Å². The minimum Gasteiger partial charge on any atom is -0.356 e. The van der Waals surface area contributed by atoms with Crippen LogP contribution in [0.5, 0.6) is 0 Å². The van der Waals surface area contributed by atoms with E-state index in [9.17, 15) is 0 Å². The summed E-state index contributed by atoms with van der Waals surface area (Å²) in [7, 11) is 1.86. The Morgan fingerprint density at radius 3 is 2.52 bits per heavy atom. The van der Waals surface area contributed by atoms with Gasteiger partial charge in [0.2, 0.25) is 0 Å². The van der Waals surface area contributed by atoms with Crippen LogP contribution in [0.1, 0.15) is 57.2 Å². The van der Waals surface area contributed by atoms with Gasteiger partial charge in [-0.15, -0.1) is 35.3 Å². The quantitative estimate of drug-likeness (QED) is 0.300. The van der Waals surface area contributed by atoms with Crippen LogP contribution in [0, 0.1) is 11.8 Å². The molecule has 0 atom stereocenters. The fraction of sp³-hybridized carbons (Fsp3) is 0.800. The second kappa shape index (κ2) is 13.7. The van der Waals surface area contributed by atoms with Gasteiger partial charge in [-0.05, 0) is 44.2 Å². The van der Waals surface area contributed by atoms with Gasteiger partial charge in [-0.3, -0.25) is 9.89 Å². The fourth-order valence-electron chi connectivity index (χ4n) is 3.44. The third-order valence-corrected chi connectivity index (χ3v) is 6.53. The zero-order valence-corrected chi connectivity index (χ0v) is 20.6. The SMILES string of the molecule is CCc1nc(CN2CCC(CNC(=NC)NCC(CC)CC)CC2)cs1.I. The summed E-state index contributed by atoms with van der Waals surface area (Å²) in [4.78, 5) is 11.6. The van der Waals surface area contributed by atoms with Gasteiger partial charge < -0.3 is 10.6 Å². The average molecular weight is 508 g/mol. The van der Waals surface area contributed by atoms with E-state index < -0.39 is 0 Å². The fourth-order valence-corrected chi connectivity index (χ4v) is 4.18. The molecular formula is C20H38IN5S. The molecule has 1 aliphatic rings. The second-order valence-corrected chi connectivity index (χ2v) is 8.26. The number of rotatable bonds is 9. The van der Waals surface area contributed by atoms with Crippen LogP contribution in [0.15, 0.2) is 10.4 Å². The summed E-state index contributed by atoms with van der Waals surface area (Å²) in [6.07, 6.45) is 5.99. The first kappa shape index (κ1) is 24.6. The summed E-state index contributed by atoms with van der Waals surface area (Å²) >= 11 is 1.79. The molecule has 2 rings (SSSR count). The van der Waals surface area contributed by atoms with E-state index in [1.54, 1.807) is 11.3 Å². The van der Waals surface area contributed by atoms with Crippen molar-refractivity contribution in [3.63, 3.8) is 0 Å². The summed E-state index contributed by atoms with van der Waals surface area (Å²) in [5.41, 5.74) is 1.24. The first-order valence-electron chi connectivity index (χ1n) is 10.3. The van der Waals surface area contributed by atoms with Crippen molar-refractivity contribution in [1.82, 2.24) is 20.5 Å². The van der Waals surface area contributed by atoms with Crippen molar-refractivity contribution in [3.8, 4) is 0 Å². The largest absolute Gasteiger partial charge is 0.356 e. The smallest absolute Gasteiger partial charge is 0.190 e. The van der Waals surface area contributed by atoms with Gasteiger partial charge in [-0.25, -0.2) is 4.98 Å². The number of aromatic nitrogens is 1. The zero-order chi connectivity index (χ0) is 18.8. The van der Waals surface area contributed by atoms with Gasteiger partial charge in [0.15, 0.2) is 5.96 Å². The maximum absolute atomic E-state index is 4.70. The van der Waals surface area contributed by atoms with E-state index in [4.69, 9.17) is 4.98 Å². The topological polar surface area (TPSA) is 52.6 Å². The molecule has 156 valence electrons.